The lowest BCUT2D eigenvalue weighted by Crippen LogP contribution is -2.46. The number of halogens is 1. The SMILES string of the molecule is CCC(C)C(C)N1CCC(Cl)C(C)C1. The number of hydrogen-bond donors (Lipinski definition) is 0. The van der Waals surface area contributed by atoms with Crippen LogP contribution in [0, 0.1) is 11.8 Å². The molecule has 0 radical (unpaired) electrons. The van der Waals surface area contributed by atoms with Crippen molar-refractivity contribution >= 4 is 11.6 Å². The molecule has 14 heavy (non-hydrogen) atoms. The highest BCUT2D eigenvalue weighted by atomic mass is 35.5. The van der Waals surface area contributed by atoms with Crippen LogP contribution in [0.1, 0.15) is 40.5 Å². The van der Waals surface area contributed by atoms with Crippen molar-refractivity contribution in [3.63, 3.8) is 0 Å². The highest BCUT2D eigenvalue weighted by Gasteiger charge is 2.28. The van der Waals surface area contributed by atoms with E-state index in [-0.39, 0.29) is 0 Å². The van der Waals surface area contributed by atoms with E-state index < -0.39 is 0 Å². The first-order valence-electron chi connectivity index (χ1n) is 5.94. The van der Waals surface area contributed by atoms with Crippen molar-refractivity contribution in [1.29, 1.82) is 0 Å². The highest BCUT2D eigenvalue weighted by molar-refractivity contribution is 6.20. The minimum atomic E-state index is 0.399. The monoisotopic (exact) mass is 217 g/mol. The molecule has 1 nitrogen and oxygen atoms in total. The van der Waals surface area contributed by atoms with Gasteiger partial charge in [-0.15, -0.1) is 11.6 Å². The molecule has 0 N–H and O–H groups in total. The summed E-state index contributed by atoms with van der Waals surface area (Å²) in [7, 11) is 0. The molecule has 1 aliphatic heterocycles. The first-order valence-corrected chi connectivity index (χ1v) is 6.38. The Morgan fingerprint density at radius 1 is 1.43 bits per heavy atom. The summed E-state index contributed by atoms with van der Waals surface area (Å²) in [6.07, 6.45) is 2.43. The lowest BCUT2D eigenvalue weighted by Gasteiger charge is -2.40. The van der Waals surface area contributed by atoms with Gasteiger partial charge in [-0.1, -0.05) is 27.2 Å². The van der Waals surface area contributed by atoms with Crippen molar-refractivity contribution in [2.75, 3.05) is 13.1 Å². The molecule has 1 fully saturated rings. The Bertz CT molecular complexity index is 172. The van der Waals surface area contributed by atoms with Crippen LogP contribution in [0.15, 0.2) is 0 Å². The van der Waals surface area contributed by atoms with Gasteiger partial charge in [-0.3, -0.25) is 0 Å². The molecule has 0 aromatic heterocycles. The number of hydrogen-bond acceptors (Lipinski definition) is 1. The zero-order valence-corrected chi connectivity index (χ0v) is 10.7. The minimum Gasteiger partial charge on any atom is -0.300 e. The van der Waals surface area contributed by atoms with E-state index in [9.17, 15) is 0 Å². The molecule has 84 valence electrons. The molecule has 1 aliphatic rings. The van der Waals surface area contributed by atoms with Crippen molar-refractivity contribution in [1.82, 2.24) is 4.90 Å². The molecular weight excluding hydrogens is 194 g/mol. The van der Waals surface area contributed by atoms with Crippen LogP contribution in [-0.4, -0.2) is 29.4 Å². The smallest absolute Gasteiger partial charge is 0.0386 e. The molecule has 0 spiro atoms. The second-order valence-corrected chi connectivity index (χ2v) is 5.46. The number of rotatable bonds is 3. The van der Waals surface area contributed by atoms with Gasteiger partial charge in [0.2, 0.25) is 0 Å². The fraction of sp³-hybridized carbons (Fsp3) is 1.00. The van der Waals surface area contributed by atoms with E-state index in [0.717, 1.165) is 12.3 Å². The van der Waals surface area contributed by atoms with Gasteiger partial charge in [-0.05, 0) is 31.7 Å². The third-order valence-corrected chi connectivity index (χ3v) is 4.52. The molecule has 0 aromatic carbocycles. The zero-order valence-electron chi connectivity index (χ0n) is 9.96. The second-order valence-electron chi connectivity index (χ2n) is 4.90. The minimum absolute atomic E-state index is 0.399. The third-order valence-electron chi connectivity index (χ3n) is 3.88. The number of alkyl halides is 1. The Morgan fingerprint density at radius 3 is 2.57 bits per heavy atom. The fourth-order valence-electron chi connectivity index (χ4n) is 2.22. The molecule has 0 saturated carbocycles. The molecule has 0 aromatic rings. The molecule has 1 heterocycles. The predicted octanol–water partition coefficient (Wildman–Crippen LogP) is 3.37. The number of piperidine rings is 1. The van der Waals surface area contributed by atoms with Gasteiger partial charge >= 0.3 is 0 Å². The van der Waals surface area contributed by atoms with Gasteiger partial charge in [0.15, 0.2) is 0 Å². The van der Waals surface area contributed by atoms with Crippen LogP contribution in [0.5, 0.6) is 0 Å². The van der Waals surface area contributed by atoms with Gasteiger partial charge in [0.05, 0.1) is 0 Å². The number of nitrogens with zero attached hydrogens (tertiary/aromatic N) is 1. The molecule has 2 heteroatoms. The van der Waals surface area contributed by atoms with Gasteiger partial charge in [-0.2, -0.15) is 0 Å². The lowest BCUT2D eigenvalue weighted by molar-refractivity contribution is 0.108. The van der Waals surface area contributed by atoms with Crippen LogP contribution in [-0.2, 0) is 0 Å². The summed E-state index contributed by atoms with van der Waals surface area (Å²) in [5.41, 5.74) is 0. The van der Waals surface area contributed by atoms with Gasteiger partial charge in [0.25, 0.3) is 0 Å². The van der Waals surface area contributed by atoms with Crippen LogP contribution in [0.4, 0.5) is 0 Å². The second kappa shape index (κ2) is 5.37. The predicted molar refractivity (Wildman–Crippen MR) is 63.9 cm³/mol. The summed E-state index contributed by atoms with van der Waals surface area (Å²) >= 11 is 6.22. The van der Waals surface area contributed by atoms with E-state index >= 15 is 0 Å². The van der Waals surface area contributed by atoms with Gasteiger partial charge in [-0.25, -0.2) is 0 Å². The summed E-state index contributed by atoms with van der Waals surface area (Å²) in [5.74, 6) is 1.45. The molecule has 4 atom stereocenters. The average Bonchev–Trinajstić information content (AvgIpc) is 2.20. The maximum atomic E-state index is 6.22. The van der Waals surface area contributed by atoms with Gasteiger partial charge in [0, 0.05) is 18.0 Å². The molecule has 0 bridgehead atoms. The Kier molecular flexibility index (Phi) is 4.72. The van der Waals surface area contributed by atoms with Crippen LogP contribution in [0.3, 0.4) is 0 Å². The Morgan fingerprint density at radius 2 is 2.07 bits per heavy atom. The van der Waals surface area contributed by atoms with Gasteiger partial charge < -0.3 is 4.90 Å². The summed E-state index contributed by atoms with van der Waals surface area (Å²) < 4.78 is 0. The van der Waals surface area contributed by atoms with Crippen molar-refractivity contribution in [2.45, 2.75) is 52.0 Å². The Labute approximate surface area is 93.8 Å². The van der Waals surface area contributed by atoms with Crippen molar-refractivity contribution < 1.29 is 0 Å². The molecule has 4 unspecified atom stereocenters. The topological polar surface area (TPSA) is 3.24 Å². The van der Waals surface area contributed by atoms with Crippen LogP contribution in [0.2, 0.25) is 0 Å². The Balaban J connectivity index is 2.45. The van der Waals surface area contributed by atoms with Crippen molar-refractivity contribution in [3.8, 4) is 0 Å². The molecular formula is C12H24ClN. The summed E-state index contributed by atoms with van der Waals surface area (Å²) in [4.78, 5) is 2.61. The maximum absolute atomic E-state index is 6.22. The zero-order chi connectivity index (χ0) is 10.7. The summed E-state index contributed by atoms with van der Waals surface area (Å²) in [5, 5.41) is 0.399. The van der Waals surface area contributed by atoms with E-state index in [1.165, 1.54) is 19.5 Å². The third kappa shape index (κ3) is 2.87. The van der Waals surface area contributed by atoms with E-state index in [1.54, 1.807) is 0 Å². The standard InChI is InChI=1S/C12H24ClN/c1-5-9(2)11(4)14-7-6-12(13)10(3)8-14/h9-12H,5-8H2,1-4H3. The highest BCUT2D eigenvalue weighted by Crippen LogP contribution is 2.25. The maximum Gasteiger partial charge on any atom is 0.0386 e. The van der Waals surface area contributed by atoms with Crippen LogP contribution in [0.25, 0.3) is 0 Å². The fourth-order valence-corrected chi connectivity index (χ4v) is 2.40. The number of likely N-dealkylation sites (tertiary alicyclic amines) is 1. The molecule has 0 aliphatic carbocycles. The lowest BCUT2D eigenvalue weighted by atomic mass is 9.93. The first-order chi connectivity index (χ1) is 6.56. The normalized spacial score (nSPS) is 34.1. The van der Waals surface area contributed by atoms with Crippen LogP contribution >= 0.6 is 11.6 Å². The first kappa shape index (κ1) is 12.3. The largest absolute Gasteiger partial charge is 0.300 e. The summed E-state index contributed by atoms with van der Waals surface area (Å²) in [6.45, 7) is 11.6. The molecule has 0 amide bonds. The van der Waals surface area contributed by atoms with Gasteiger partial charge in [0.1, 0.15) is 0 Å². The van der Waals surface area contributed by atoms with E-state index in [4.69, 9.17) is 11.6 Å². The molecule has 1 saturated heterocycles. The Hall–Kier alpha value is 0.250. The van der Waals surface area contributed by atoms with E-state index in [0.29, 0.717) is 17.3 Å². The van der Waals surface area contributed by atoms with Crippen LogP contribution < -0.4 is 0 Å². The average molecular weight is 218 g/mol. The summed E-state index contributed by atoms with van der Waals surface area (Å²) in [6, 6.07) is 0.714. The van der Waals surface area contributed by atoms with Crippen molar-refractivity contribution in [3.05, 3.63) is 0 Å². The van der Waals surface area contributed by atoms with Crippen molar-refractivity contribution in [2.24, 2.45) is 11.8 Å². The van der Waals surface area contributed by atoms with E-state index in [1.807, 2.05) is 0 Å². The molecule has 1 rings (SSSR count). The van der Waals surface area contributed by atoms with E-state index in [2.05, 4.69) is 32.6 Å². The quantitative estimate of drug-likeness (QED) is 0.656.